The standard InChI is InChI=1S/C13H18ClN3O/c1-16(2)9-11-4-3-7-17(11)13(18)12-8-10(14)5-6-15-12/h5-6,8,11H,3-4,7,9H2,1-2H3. The average Bonchev–Trinajstić information content (AvgIpc) is 2.75. The van der Waals surface area contributed by atoms with Crippen LogP contribution in [0.25, 0.3) is 0 Å². The molecule has 4 nitrogen and oxygen atoms in total. The van der Waals surface area contributed by atoms with E-state index in [1.54, 1.807) is 18.3 Å². The monoisotopic (exact) mass is 267 g/mol. The quantitative estimate of drug-likeness (QED) is 0.839. The van der Waals surface area contributed by atoms with Gasteiger partial charge in [0.15, 0.2) is 0 Å². The molecule has 1 aromatic rings. The molecule has 5 heteroatoms. The molecule has 1 amide bonds. The second-order valence-corrected chi connectivity index (χ2v) is 5.35. The summed E-state index contributed by atoms with van der Waals surface area (Å²) in [5.41, 5.74) is 0.438. The van der Waals surface area contributed by atoms with Crippen LogP contribution < -0.4 is 0 Å². The highest BCUT2D eigenvalue weighted by Crippen LogP contribution is 2.20. The van der Waals surface area contributed by atoms with Crippen molar-refractivity contribution in [2.45, 2.75) is 18.9 Å². The molecule has 1 aromatic heterocycles. The maximum Gasteiger partial charge on any atom is 0.272 e. The van der Waals surface area contributed by atoms with Gasteiger partial charge in [-0.15, -0.1) is 0 Å². The number of hydrogen-bond donors (Lipinski definition) is 0. The van der Waals surface area contributed by atoms with Crippen molar-refractivity contribution in [3.05, 3.63) is 29.0 Å². The Morgan fingerprint density at radius 3 is 3.06 bits per heavy atom. The first kappa shape index (κ1) is 13.3. The van der Waals surface area contributed by atoms with Gasteiger partial charge in [0.05, 0.1) is 0 Å². The third kappa shape index (κ3) is 3.00. The Kier molecular flexibility index (Phi) is 4.19. The lowest BCUT2D eigenvalue weighted by molar-refractivity contribution is 0.0710. The molecule has 0 aliphatic carbocycles. The largest absolute Gasteiger partial charge is 0.333 e. The van der Waals surface area contributed by atoms with E-state index in [1.807, 2.05) is 19.0 Å². The maximum atomic E-state index is 12.4. The van der Waals surface area contributed by atoms with Crippen LogP contribution in [0.2, 0.25) is 5.02 Å². The van der Waals surface area contributed by atoms with Crippen molar-refractivity contribution in [3.63, 3.8) is 0 Å². The lowest BCUT2D eigenvalue weighted by Crippen LogP contribution is -2.41. The molecule has 18 heavy (non-hydrogen) atoms. The third-order valence-corrected chi connectivity index (χ3v) is 3.39. The predicted octanol–water partition coefficient (Wildman–Crippen LogP) is 1.90. The molecule has 0 radical (unpaired) electrons. The third-order valence-electron chi connectivity index (χ3n) is 3.15. The lowest BCUT2D eigenvalue weighted by Gasteiger charge is -2.26. The van der Waals surface area contributed by atoms with Crippen LogP contribution in [-0.4, -0.2) is 53.9 Å². The van der Waals surface area contributed by atoms with E-state index in [0.29, 0.717) is 10.7 Å². The molecule has 2 heterocycles. The van der Waals surface area contributed by atoms with Crippen LogP contribution in [0.3, 0.4) is 0 Å². The van der Waals surface area contributed by atoms with E-state index in [-0.39, 0.29) is 11.9 Å². The maximum absolute atomic E-state index is 12.4. The van der Waals surface area contributed by atoms with E-state index >= 15 is 0 Å². The van der Waals surface area contributed by atoms with Gasteiger partial charge in [0.25, 0.3) is 5.91 Å². The number of carbonyl (C=O) groups is 1. The van der Waals surface area contributed by atoms with Crippen molar-refractivity contribution in [1.82, 2.24) is 14.8 Å². The minimum Gasteiger partial charge on any atom is -0.333 e. The molecule has 1 aliphatic heterocycles. The zero-order chi connectivity index (χ0) is 13.1. The SMILES string of the molecule is CN(C)CC1CCCN1C(=O)c1cc(Cl)ccn1. The smallest absolute Gasteiger partial charge is 0.272 e. The summed E-state index contributed by atoms with van der Waals surface area (Å²) in [6.45, 7) is 1.71. The minimum atomic E-state index is -0.0122. The van der Waals surface area contributed by atoms with Gasteiger partial charge in [-0.1, -0.05) is 11.6 Å². The Labute approximate surface area is 113 Å². The first-order valence-corrected chi connectivity index (χ1v) is 6.53. The number of amides is 1. The second kappa shape index (κ2) is 5.67. The Morgan fingerprint density at radius 2 is 2.39 bits per heavy atom. The molecule has 2 rings (SSSR count). The topological polar surface area (TPSA) is 36.4 Å². The molecule has 1 aliphatic rings. The number of halogens is 1. The van der Waals surface area contributed by atoms with E-state index in [1.165, 1.54) is 0 Å². The molecule has 0 spiro atoms. The molecule has 0 aromatic carbocycles. The number of hydrogen-bond acceptors (Lipinski definition) is 3. The minimum absolute atomic E-state index is 0.0122. The van der Waals surface area contributed by atoms with E-state index in [2.05, 4.69) is 9.88 Å². The first-order valence-electron chi connectivity index (χ1n) is 6.15. The van der Waals surface area contributed by atoms with E-state index < -0.39 is 0 Å². The molecule has 1 fully saturated rings. The molecule has 0 bridgehead atoms. The van der Waals surface area contributed by atoms with Crippen LogP contribution in [-0.2, 0) is 0 Å². The van der Waals surface area contributed by atoms with Crippen molar-refractivity contribution in [2.75, 3.05) is 27.2 Å². The Hall–Kier alpha value is -1.13. The Morgan fingerprint density at radius 1 is 1.61 bits per heavy atom. The van der Waals surface area contributed by atoms with Crippen LogP contribution >= 0.6 is 11.6 Å². The fourth-order valence-corrected chi connectivity index (χ4v) is 2.54. The summed E-state index contributed by atoms with van der Waals surface area (Å²) in [6.07, 6.45) is 3.70. The van der Waals surface area contributed by atoms with Gasteiger partial charge in [-0.05, 0) is 39.1 Å². The van der Waals surface area contributed by atoms with Gasteiger partial charge < -0.3 is 9.80 Å². The number of likely N-dealkylation sites (tertiary alicyclic amines) is 1. The van der Waals surface area contributed by atoms with Gasteiger partial charge >= 0.3 is 0 Å². The highest BCUT2D eigenvalue weighted by Gasteiger charge is 2.30. The fraction of sp³-hybridized carbons (Fsp3) is 0.538. The number of pyridine rings is 1. The van der Waals surface area contributed by atoms with Gasteiger partial charge in [-0.3, -0.25) is 9.78 Å². The predicted molar refractivity (Wildman–Crippen MR) is 71.9 cm³/mol. The van der Waals surface area contributed by atoms with Gasteiger partial charge in [0.2, 0.25) is 0 Å². The van der Waals surface area contributed by atoms with E-state index in [4.69, 9.17) is 11.6 Å². The molecule has 0 saturated carbocycles. The molecule has 1 unspecified atom stereocenters. The number of aromatic nitrogens is 1. The van der Waals surface area contributed by atoms with Gasteiger partial charge in [-0.25, -0.2) is 0 Å². The van der Waals surface area contributed by atoms with Gasteiger partial charge in [-0.2, -0.15) is 0 Å². The normalized spacial score (nSPS) is 19.6. The Bertz CT molecular complexity index is 436. The summed E-state index contributed by atoms with van der Waals surface area (Å²) >= 11 is 5.90. The average molecular weight is 268 g/mol. The molecule has 0 N–H and O–H groups in total. The summed E-state index contributed by atoms with van der Waals surface area (Å²) in [5, 5.41) is 0.553. The van der Waals surface area contributed by atoms with Crippen molar-refractivity contribution in [3.8, 4) is 0 Å². The molecule has 1 saturated heterocycles. The van der Waals surface area contributed by atoms with Crippen LogP contribution in [0.1, 0.15) is 23.3 Å². The zero-order valence-electron chi connectivity index (χ0n) is 10.8. The van der Waals surface area contributed by atoms with Crippen LogP contribution in [0, 0.1) is 0 Å². The molecule has 98 valence electrons. The van der Waals surface area contributed by atoms with Gasteiger partial charge in [0, 0.05) is 30.4 Å². The van der Waals surface area contributed by atoms with E-state index in [9.17, 15) is 4.79 Å². The molecular weight excluding hydrogens is 250 g/mol. The number of carbonyl (C=O) groups excluding carboxylic acids is 1. The molecule has 1 atom stereocenters. The van der Waals surface area contributed by atoms with Crippen molar-refractivity contribution >= 4 is 17.5 Å². The summed E-state index contributed by atoms with van der Waals surface area (Å²) in [7, 11) is 4.05. The fourth-order valence-electron chi connectivity index (χ4n) is 2.38. The second-order valence-electron chi connectivity index (χ2n) is 4.92. The van der Waals surface area contributed by atoms with E-state index in [0.717, 1.165) is 25.9 Å². The van der Waals surface area contributed by atoms with Crippen molar-refractivity contribution in [2.24, 2.45) is 0 Å². The number of rotatable bonds is 3. The van der Waals surface area contributed by atoms with Crippen LogP contribution in [0.15, 0.2) is 18.3 Å². The number of nitrogens with zero attached hydrogens (tertiary/aromatic N) is 3. The highest BCUT2D eigenvalue weighted by atomic mass is 35.5. The lowest BCUT2D eigenvalue weighted by atomic mass is 10.2. The first-order chi connectivity index (χ1) is 8.58. The summed E-state index contributed by atoms with van der Waals surface area (Å²) in [4.78, 5) is 20.5. The van der Waals surface area contributed by atoms with Gasteiger partial charge in [0.1, 0.15) is 5.69 Å². The van der Waals surface area contributed by atoms with Crippen LogP contribution in [0.4, 0.5) is 0 Å². The molecular formula is C13H18ClN3O. The Balaban J connectivity index is 2.12. The zero-order valence-corrected chi connectivity index (χ0v) is 11.5. The summed E-state index contributed by atoms with van der Waals surface area (Å²) < 4.78 is 0. The van der Waals surface area contributed by atoms with Crippen LogP contribution in [0.5, 0.6) is 0 Å². The summed E-state index contributed by atoms with van der Waals surface area (Å²) in [5.74, 6) is -0.0122. The van der Waals surface area contributed by atoms with Crippen molar-refractivity contribution < 1.29 is 4.79 Å². The summed E-state index contributed by atoms with van der Waals surface area (Å²) in [6, 6.07) is 3.60. The highest BCUT2D eigenvalue weighted by molar-refractivity contribution is 6.30. The number of likely N-dealkylation sites (N-methyl/N-ethyl adjacent to an activating group) is 1. The van der Waals surface area contributed by atoms with Crippen molar-refractivity contribution in [1.29, 1.82) is 0 Å².